The van der Waals surface area contributed by atoms with Crippen molar-refractivity contribution >= 4 is 17.1 Å². The van der Waals surface area contributed by atoms with Crippen LogP contribution in [0.3, 0.4) is 0 Å². The molecule has 0 aliphatic rings. The maximum Gasteiger partial charge on any atom is 0.387 e. The van der Waals surface area contributed by atoms with Crippen LogP contribution in [0.5, 0.6) is 5.75 Å². The highest BCUT2D eigenvalue weighted by atomic mass is 19.3. The van der Waals surface area contributed by atoms with Gasteiger partial charge in [-0.05, 0) is 48.4 Å². The molecule has 0 amide bonds. The average Bonchev–Trinajstić information content (AvgIpc) is 2.51. The van der Waals surface area contributed by atoms with Crippen LogP contribution in [-0.2, 0) is 0 Å². The van der Waals surface area contributed by atoms with Crippen LogP contribution in [0.25, 0.3) is 0 Å². The highest BCUT2D eigenvalue weighted by Crippen LogP contribution is 2.21. The second-order valence-electron chi connectivity index (χ2n) is 4.51. The van der Waals surface area contributed by atoms with E-state index in [0.717, 1.165) is 16.9 Å². The van der Waals surface area contributed by atoms with Gasteiger partial charge in [0.05, 0.1) is 5.71 Å². The fourth-order valence-electron chi connectivity index (χ4n) is 1.96. The summed E-state index contributed by atoms with van der Waals surface area (Å²) in [7, 11) is 0. The molecule has 0 atom stereocenters. The van der Waals surface area contributed by atoms with E-state index < -0.39 is 6.61 Å². The zero-order chi connectivity index (χ0) is 15.9. The summed E-state index contributed by atoms with van der Waals surface area (Å²) in [4.78, 5) is 0. The number of oxime groups is 1. The first kappa shape index (κ1) is 15.8. The monoisotopic (exact) mass is 306 g/mol. The Hall–Kier alpha value is -2.63. The standard InChI is InChI=1S/C16H16F2N2O2/c1-2-15(20-21)11-3-5-12(6-4-11)19-13-7-9-14(10-8-13)22-16(17)18/h3-10,16,19,21H,2H2,1H3. The molecular formula is C16H16F2N2O2. The van der Waals surface area contributed by atoms with Gasteiger partial charge in [-0.3, -0.25) is 0 Å². The largest absolute Gasteiger partial charge is 0.435 e. The zero-order valence-corrected chi connectivity index (χ0v) is 12.0. The molecule has 0 saturated carbocycles. The molecule has 0 radical (unpaired) electrons. The van der Waals surface area contributed by atoms with Gasteiger partial charge in [-0.1, -0.05) is 24.2 Å². The van der Waals surface area contributed by atoms with E-state index >= 15 is 0 Å². The molecule has 0 spiro atoms. The predicted molar refractivity (Wildman–Crippen MR) is 81.4 cm³/mol. The molecule has 0 aromatic heterocycles. The lowest BCUT2D eigenvalue weighted by Gasteiger charge is -2.09. The summed E-state index contributed by atoms with van der Waals surface area (Å²) in [5, 5.41) is 15.3. The SMILES string of the molecule is CCC(=NO)c1ccc(Nc2ccc(OC(F)F)cc2)cc1. The predicted octanol–water partition coefficient (Wildman–Crippen LogP) is 4.62. The van der Waals surface area contributed by atoms with Crippen LogP contribution in [-0.4, -0.2) is 17.5 Å². The van der Waals surface area contributed by atoms with Crippen molar-refractivity contribution in [1.82, 2.24) is 0 Å². The summed E-state index contributed by atoms with van der Waals surface area (Å²) < 4.78 is 28.4. The quantitative estimate of drug-likeness (QED) is 0.465. The summed E-state index contributed by atoms with van der Waals surface area (Å²) in [6.45, 7) is -0.920. The van der Waals surface area contributed by atoms with E-state index in [9.17, 15) is 8.78 Å². The molecule has 6 heteroatoms. The second kappa shape index (κ2) is 7.40. The van der Waals surface area contributed by atoms with E-state index in [4.69, 9.17) is 5.21 Å². The van der Waals surface area contributed by atoms with Crippen molar-refractivity contribution in [3.05, 3.63) is 54.1 Å². The zero-order valence-electron chi connectivity index (χ0n) is 12.0. The average molecular weight is 306 g/mol. The maximum absolute atomic E-state index is 12.1. The number of halogens is 2. The summed E-state index contributed by atoms with van der Waals surface area (Å²) >= 11 is 0. The Morgan fingerprint density at radius 2 is 1.64 bits per heavy atom. The molecule has 0 aliphatic heterocycles. The van der Waals surface area contributed by atoms with Crippen molar-refractivity contribution in [2.75, 3.05) is 5.32 Å². The number of benzene rings is 2. The summed E-state index contributed by atoms with van der Waals surface area (Å²) in [6, 6.07) is 13.6. The Kier molecular flexibility index (Phi) is 5.30. The van der Waals surface area contributed by atoms with Crippen LogP contribution in [0, 0.1) is 0 Å². The third kappa shape index (κ3) is 4.18. The van der Waals surface area contributed by atoms with Crippen molar-refractivity contribution in [2.24, 2.45) is 5.16 Å². The molecule has 0 aliphatic carbocycles. The van der Waals surface area contributed by atoms with Crippen molar-refractivity contribution < 1.29 is 18.7 Å². The Bertz CT molecular complexity index is 626. The van der Waals surface area contributed by atoms with E-state index in [2.05, 4.69) is 15.2 Å². The normalized spacial score (nSPS) is 11.5. The van der Waals surface area contributed by atoms with Crippen LogP contribution in [0.15, 0.2) is 53.7 Å². The molecule has 2 aromatic rings. The molecule has 2 rings (SSSR count). The Balaban J connectivity index is 2.04. The second-order valence-corrected chi connectivity index (χ2v) is 4.51. The van der Waals surface area contributed by atoms with Gasteiger partial charge in [0.25, 0.3) is 0 Å². The minimum absolute atomic E-state index is 0.114. The number of rotatable bonds is 6. The van der Waals surface area contributed by atoms with Crippen LogP contribution in [0.4, 0.5) is 20.2 Å². The molecule has 0 saturated heterocycles. The number of alkyl halides is 2. The minimum Gasteiger partial charge on any atom is -0.435 e. The van der Waals surface area contributed by atoms with Gasteiger partial charge in [-0.2, -0.15) is 8.78 Å². The highest BCUT2D eigenvalue weighted by Gasteiger charge is 2.04. The van der Waals surface area contributed by atoms with E-state index in [1.54, 1.807) is 12.1 Å². The number of anilines is 2. The van der Waals surface area contributed by atoms with Gasteiger partial charge >= 0.3 is 6.61 Å². The maximum atomic E-state index is 12.1. The topological polar surface area (TPSA) is 53.9 Å². The molecular weight excluding hydrogens is 290 g/mol. The van der Waals surface area contributed by atoms with Crippen molar-refractivity contribution in [3.63, 3.8) is 0 Å². The summed E-state index contributed by atoms with van der Waals surface area (Å²) in [5.74, 6) is 0.114. The third-order valence-corrected chi connectivity index (χ3v) is 3.04. The third-order valence-electron chi connectivity index (χ3n) is 3.04. The number of ether oxygens (including phenoxy) is 1. The van der Waals surface area contributed by atoms with Crippen molar-refractivity contribution in [3.8, 4) is 5.75 Å². The molecule has 0 unspecified atom stereocenters. The first-order valence-corrected chi connectivity index (χ1v) is 6.75. The number of hydrogen-bond donors (Lipinski definition) is 2. The molecule has 22 heavy (non-hydrogen) atoms. The van der Waals surface area contributed by atoms with Gasteiger partial charge in [0, 0.05) is 11.4 Å². The lowest BCUT2D eigenvalue weighted by molar-refractivity contribution is -0.0498. The smallest absolute Gasteiger partial charge is 0.387 e. The van der Waals surface area contributed by atoms with E-state index in [-0.39, 0.29) is 5.75 Å². The number of nitrogens with one attached hydrogen (secondary N) is 1. The van der Waals surface area contributed by atoms with Gasteiger partial charge in [-0.25, -0.2) is 0 Å². The molecule has 0 bridgehead atoms. The molecule has 116 valence electrons. The fraction of sp³-hybridized carbons (Fsp3) is 0.188. The summed E-state index contributed by atoms with van der Waals surface area (Å²) in [6.07, 6.45) is 0.634. The molecule has 2 aromatic carbocycles. The van der Waals surface area contributed by atoms with E-state index in [0.29, 0.717) is 12.1 Å². The molecule has 4 nitrogen and oxygen atoms in total. The first-order chi connectivity index (χ1) is 10.6. The molecule has 0 fully saturated rings. The van der Waals surface area contributed by atoms with Gasteiger partial charge in [-0.15, -0.1) is 0 Å². The van der Waals surface area contributed by atoms with Gasteiger partial charge in [0.2, 0.25) is 0 Å². The van der Waals surface area contributed by atoms with Crippen molar-refractivity contribution in [1.29, 1.82) is 0 Å². The number of nitrogens with zero attached hydrogens (tertiary/aromatic N) is 1. The highest BCUT2D eigenvalue weighted by molar-refractivity contribution is 6.00. The van der Waals surface area contributed by atoms with E-state index in [1.807, 2.05) is 31.2 Å². The number of hydrogen-bond acceptors (Lipinski definition) is 4. The molecule has 0 heterocycles. The lowest BCUT2D eigenvalue weighted by Crippen LogP contribution is -2.01. The van der Waals surface area contributed by atoms with Gasteiger partial charge < -0.3 is 15.3 Å². The minimum atomic E-state index is -2.83. The van der Waals surface area contributed by atoms with Crippen LogP contribution < -0.4 is 10.1 Å². The fourth-order valence-corrected chi connectivity index (χ4v) is 1.96. The Labute approximate surface area is 127 Å². The van der Waals surface area contributed by atoms with Crippen LogP contribution in [0.2, 0.25) is 0 Å². The summed E-state index contributed by atoms with van der Waals surface area (Å²) in [5.41, 5.74) is 3.04. The Morgan fingerprint density at radius 1 is 1.09 bits per heavy atom. The van der Waals surface area contributed by atoms with Crippen LogP contribution >= 0.6 is 0 Å². The van der Waals surface area contributed by atoms with Gasteiger partial charge in [0.1, 0.15) is 5.75 Å². The van der Waals surface area contributed by atoms with E-state index in [1.165, 1.54) is 12.1 Å². The lowest BCUT2D eigenvalue weighted by atomic mass is 10.1. The Morgan fingerprint density at radius 3 is 2.09 bits per heavy atom. The van der Waals surface area contributed by atoms with Crippen molar-refractivity contribution in [2.45, 2.75) is 20.0 Å². The first-order valence-electron chi connectivity index (χ1n) is 6.75. The van der Waals surface area contributed by atoms with Gasteiger partial charge in [0.15, 0.2) is 0 Å². The van der Waals surface area contributed by atoms with Crippen LogP contribution in [0.1, 0.15) is 18.9 Å². The molecule has 2 N–H and O–H groups in total.